The highest BCUT2D eigenvalue weighted by atomic mass is 16.2. The summed E-state index contributed by atoms with van der Waals surface area (Å²) in [6, 6.07) is 2.72. The van der Waals surface area contributed by atoms with E-state index in [1.807, 2.05) is 20.9 Å². The summed E-state index contributed by atoms with van der Waals surface area (Å²) in [4.78, 5) is 25.2. The highest BCUT2D eigenvalue weighted by Crippen LogP contribution is 2.24. The van der Waals surface area contributed by atoms with Crippen molar-refractivity contribution in [2.75, 3.05) is 0 Å². The molecule has 0 spiro atoms. The Hall–Kier alpha value is -2.44. The lowest BCUT2D eigenvalue weighted by Crippen LogP contribution is -2.42. The minimum Gasteiger partial charge on any atom is -0.352 e. The van der Waals surface area contributed by atoms with Gasteiger partial charge in [0, 0.05) is 30.4 Å². The van der Waals surface area contributed by atoms with Crippen LogP contribution in [0.2, 0.25) is 0 Å². The van der Waals surface area contributed by atoms with Crippen molar-refractivity contribution >= 4 is 5.91 Å². The van der Waals surface area contributed by atoms with Crippen LogP contribution >= 0.6 is 0 Å². The van der Waals surface area contributed by atoms with Crippen LogP contribution in [0.3, 0.4) is 0 Å². The van der Waals surface area contributed by atoms with Crippen LogP contribution in [0.4, 0.5) is 0 Å². The van der Waals surface area contributed by atoms with E-state index in [1.54, 1.807) is 17.7 Å². The number of hydrogen-bond acceptors (Lipinski definition) is 4. The number of amides is 1. The number of hydrogen-bond donors (Lipinski definition) is 1. The number of nitrogens with one attached hydrogen (secondary N) is 1. The molecule has 1 amide bonds. The number of carbonyl (C=O) groups is 1. The zero-order valence-electron chi connectivity index (χ0n) is 17.4. The third-order valence-electron chi connectivity index (χ3n) is 5.79. The quantitative estimate of drug-likeness (QED) is 0.877. The first kappa shape index (κ1) is 20.3. The van der Waals surface area contributed by atoms with Crippen molar-refractivity contribution in [1.82, 2.24) is 24.9 Å². The van der Waals surface area contributed by atoms with E-state index in [9.17, 15) is 9.59 Å². The number of aryl methyl sites for hydroxylation is 2. The molecule has 0 aliphatic heterocycles. The van der Waals surface area contributed by atoms with Gasteiger partial charge >= 0.3 is 0 Å². The third-order valence-corrected chi connectivity index (χ3v) is 5.79. The van der Waals surface area contributed by atoms with Crippen LogP contribution in [0.1, 0.15) is 69.3 Å². The number of nitrogens with zero attached hydrogens (tertiary/aromatic N) is 4. The molecule has 1 atom stereocenters. The first-order chi connectivity index (χ1) is 13.4. The van der Waals surface area contributed by atoms with E-state index in [1.165, 1.54) is 30.0 Å². The predicted octanol–water partition coefficient (Wildman–Crippen LogP) is 3.05. The Morgan fingerprint density at radius 2 is 1.75 bits per heavy atom. The average Bonchev–Trinajstić information content (AvgIpc) is 2.89. The van der Waals surface area contributed by atoms with E-state index in [0.29, 0.717) is 5.69 Å². The SMILES string of the molecule is Cc1nn(C)c(C)c1-c1ccc(=O)n([C@@H](C)C(=O)NC2CCCCCCC2)n1. The Kier molecular flexibility index (Phi) is 6.31. The molecule has 152 valence electrons. The Morgan fingerprint density at radius 1 is 1.11 bits per heavy atom. The van der Waals surface area contributed by atoms with Crippen LogP contribution < -0.4 is 10.9 Å². The maximum absolute atomic E-state index is 12.8. The molecule has 1 N–H and O–H groups in total. The van der Waals surface area contributed by atoms with E-state index >= 15 is 0 Å². The summed E-state index contributed by atoms with van der Waals surface area (Å²) in [6.07, 6.45) is 8.06. The molecule has 1 saturated carbocycles. The lowest BCUT2D eigenvalue weighted by atomic mass is 9.96. The summed E-state index contributed by atoms with van der Waals surface area (Å²) in [5.41, 5.74) is 3.12. The summed E-state index contributed by atoms with van der Waals surface area (Å²) in [5, 5.41) is 12.1. The summed E-state index contributed by atoms with van der Waals surface area (Å²) in [7, 11) is 1.88. The van der Waals surface area contributed by atoms with E-state index in [2.05, 4.69) is 15.5 Å². The van der Waals surface area contributed by atoms with Gasteiger partial charge in [0.15, 0.2) is 0 Å². The van der Waals surface area contributed by atoms with Gasteiger partial charge in [-0.05, 0) is 39.7 Å². The topological polar surface area (TPSA) is 81.8 Å². The maximum Gasteiger partial charge on any atom is 0.267 e. The smallest absolute Gasteiger partial charge is 0.267 e. The van der Waals surface area contributed by atoms with E-state index in [4.69, 9.17) is 0 Å². The normalized spacial score (nSPS) is 17.0. The van der Waals surface area contributed by atoms with Crippen molar-refractivity contribution < 1.29 is 4.79 Å². The summed E-state index contributed by atoms with van der Waals surface area (Å²) < 4.78 is 3.09. The summed E-state index contributed by atoms with van der Waals surface area (Å²) in [5.74, 6) is -0.142. The third kappa shape index (κ3) is 4.34. The van der Waals surface area contributed by atoms with Crippen molar-refractivity contribution in [3.63, 3.8) is 0 Å². The van der Waals surface area contributed by atoms with Crippen LogP contribution in [-0.2, 0) is 11.8 Å². The van der Waals surface area contributed by atoms with Gasteiger partial charge in [-0.1, -0.05) is 32.1 Å². The Labute approximate surface area is 166 Å². The van der Waals surface area contributed by atoms with E-state index < -0.39 is 6.04 Å². The fraction of sp³-hybridized carbons (Fsp3) is 0.619. The van der Waals surface area contributed by atoms with Crippen molar-refractivity contribution in [3.05, 3.63) is 33.9 Å². The Balaban J connectivity index is 1.82. The number of rotatable bonds is 4. The highest BCUT2D eigenvalue weighted by Gasteiger charge is 2.22. The highest BCUT2D eigenvalue weighted by molar-refractivity contribution is 5.80. The first-order valence-electron chi connectivity index (χ1n) is 10.3. The van der Waals surface area contributed by atoms with Crippen LogP contribution in [0.5, 0.6) is 0 Å². The van der Waals surface area contributed by atoms with Gasteiger partial charge in [-0.25, -0.2) is 4.68 Å². The summed E-state index contributed by atoms with van der Waals surface area (Å²) in [6.45, 7) is 5.63. The Bertz CT molecular complexity index is 891. The van der Waals surface area contributed by atoms with Gasteiger partial charge in [-0.15, -0.1) is 0 Å². The van der Waals surface area contributed by atoms with Crippen LogP contribution in [0, 0.1) is 13.8 Å². The minimum absolute atomic E-state index is 0.142. The number of aromatic nitrogens is 4. The molecule has 0 saturated heterocycles. The molecular formula is C21H31N5O2. The van der Waals surface area contributed by atoms with Gasteiger partial charge < -0.3 is 5.32 Å². The fourth-order valence-corrected chi connectivity index (χ4v) is 4.01. The van der Waals surface area contributed by atoms with Crippen molar-refractivity contribution in [3.8, 4) is 11.3 Å². The molecule has 2 aromatic rings. The molecule has 7 heteroatoms. The van der Waals surface area contributed by atoms with Gasteiger partial charge in [0.05, 0.1) is 11.4 Å². The molecule has 3 rings (SSSR count). The average molecular weight is 386 g/mol. The van der Waals surface area contributed by atoms with Crippen LogP contribution in [0.25, 0.3) is 11.3 Å². The lowest BCUT2D eigenvalue weighted by molar-refractivity contribution is -0.125. The molecule has 2 aromatic heterocycles. The van der Waals surface area contributed by atoms with Gasteiger partial charge in [-0.2, -0.15) is 10.2 Å². The van der Waals surface area contributed by atoms with Gasteiger partial charge in [0.2, 0.25) is 5.91 Å². The molecule has 0 bridgehead atoms. The molecule has 7 nitrogen and oxygen atoms in total. The number of carbonyl (C=O) groups excluding carboxylic acids is 1. The van der Waals surface area contributed by atoms with Gasteiger partial charge in [0.1, 0.15) is 6.04 Å². The molecule has 0 aromatic carbocycles. The van der Waals surface area contributed by atoms with Gasteiger partial charge in [-0.3, -0.25) is 14.3 Å². The summed E-state index contributed by atoms with van der Waals surface area (Å²) >= 11 is 0. The van der Waals surface area contributed by atoms with Gasteiger partial charge in [0.25, 0.3) is 5.56 Å². The van der Waals surface area contributed by atoms with Crippen molar-refractivity contribution in [1.29, 1.82) is 0 Å². The fourth-order valence-electron chi connectivity index (χ4n) is 4.01. The lowest BCUT2D eigenvalue weighted by Gasteiger charge is -2.23. The standard InChI is InChI=1S/C21H31N5O2/c1-14-20(15(2)25(4)23-14)18-12-13-19(27)26(24-18)16(3)21(28)22-17-10-8-6-5-7-9-11-17/h12-13,16-17H,5-11H2,1-4H3,(H,22,28)/t16-/m0/s1. The van der Waals surface area contributed by atoms with Crippen LogP contribution in [0.15, 0.2) is 16.9 Å². The van der Waals surface area contributed by atoms with E-state index in [-0.39, 0.29) is 17.5 Å². The Morgan fingerprint density at radius 3 is 2.36 bits per heavy atom. The molecule has 0 radical (unpaired) electrons. The molecule has 28 heavy (non-hydrogen) atoms. The second-order valence-electron chi connectivity index (χ2n) is 7.90. The second kappa shape index (κ2) is 8.71. The first-order valence-corrected chi connectivity index (χ1v) is 10.3. The molecule has 1 aliphatic carbocycles. The largest absolute Gasteiger partial charge is 0.352 e. The van der Waals surface area contributed by atoms with Crippen molar-refractivity contribution in [2.24, 2.45) is 7.05 Å². The second-order valence-corrected chi connectivity index (χ2v) is 7.90. The molecular weight excluding hydrogens is 354 g/mol. The maximum atomic E-state index is 12.8. The zero-order chi connectivity index (χ0) is 20.3. The molecule has 2 heterocycles. The zero-order valence-corrected chi connectivity index (χ0v) is 17.4. The minimum atomic E-state index is -0.657. The molecule has 1 aliphatic rings. The predicted molar refractivity (Wildman–Crippen MR) is 109 cm³/mol. The molecule has 0 unspecified atom stereocenters. The monoisotopic (exact) mass is 385 g/mol. The van der Waals surface area contributed by atoms with Crippen molar-refractivity contribution in [2.45, 2.75) is 77.8 Å². The van der Waals surface area contributed by atoms with Crippen LogP contribution in [-0.4, -0.2) is 31.5 Å². The molecule has 1 fully saturated rings. The van der Waals surface area contributed by atoms with E-state index in [0.717, 1.165) is 42.6 Å².